The molecule has 1 aromatic heterocycles. The van der Waals surface area contributed by atoms with Crippen molar-refractivity contribution in [2.45, 2.75) is 18.6 Å². The highest BCUT2D eigenvalue weighted by atomic mass is 32.2. The monoisotopic (exact) mass is 332 g/mol. The maximum absolute atomic E-state index is 12.2. The average molecular weight is 332 g/mol. The summed E-state index contributed by atoms with van der Waals surface area (Å²) in [5.74, 6) is 1.35. The topological polar surface area (TPSA) is 60.2 Å². The van der Waals surface area contributed by atoms with Crippen LogP contribution in [0.4, 0.5) is 0 Å². The molecule has 122 valence electrons. The minimum atomic E-state index is 0.130. The first-order valence-electron chi connectivity index (χ1n) is 7.76. The summed E-state index contributed by atoms with van der Waals surface area (Å²) < 4.78 is 7.32. The van der Waals surface area contributed by atoms with E-state index in [1.807, 2.05) is 39.8 Å². The van der Waals surface area contributed by atoms with E-state index >= 15 is 0 Å². The van der Waals surface area contributed by atoms with Gasteiger partial charge in [0.05, 0.1) is 19.0 Å². The lowest BCUT2D eigenvalue weighted by atomic mass is 10.2. The van der Waals surface area contributed by atoms with Crippen LogP contribution in [0.25, 0.3) is 11.4 Å². The van der Waals surface area contributed by atoms with E-state index in [9.17, 15) is 4.79 Å². The van der Waals surface area contributed by atoms with Crippen LogP contribution in [0.15, 0.2) is 35.5 Å². The standard InChI is InChI=1S/C16H20N4O2S/c1-2-20-15(13-6-4-3-5-7-13)17-18-16(20)23-12-14(21)19-8-10-22-11-9-19/h3-7H,2,8-12H2,1H3. The quantitative estimate of drug-likeness (QED) is 0.783. The van der Waals surface area contributed by atoms with E-state index in [1.165, 1.54) is 11.8 Å². The van der Waals surface area contributed by atoms with E-state index in [4.69, 9.17) is 4.74 Å². The molecule has 1 aliphatic rings. The van der Waals surface area contributed by atoms with Gasteiger partial charge in [-0.15, -0.1) is 10.2 Å². The lowest BCUT2D eigenvalue weighted by Crippen LogP contribution is -2.41. The van der Waals surface area contributed by atoms with Crippen LogP contribution in [0.1, 0.15) is 6.92 Å². The molecule has 1 amide bonds. The molecule has 1 fully saturated rings. The Balaban J connectivity index is 1.68. The number of morpholine rings is 1. The van der Waals surface area contributed by atoms with Crippen LogP contribution in [0.5, 0.6) is 0 Å². The second kappa shape index (κ2) is 7.61. The molecule has 3 rings (SSSR count). The first kappa shape index (κ1) is 16.0. The Kier molecular flexibility index (Phi) is 5.30. The molecular weight excluding hydrogens is 312 g/mol. The minimum Gasteiger partial charge on any atom is -0.378 e. The van der Waals surface area contributed by atoms with Gasteiger partial charge in [0.15, 0.2) is 11.0 Å². The predicted octanol–water partition coefficient (Wildman–Crippen LogP) is 1.92. The Bertz CT molecular complexity index is 653. The zero-order chi connectivity index (χ0) is 16.1. The Morgan fingerprint density at radius 3 is 2.65 bits per heavy atom. The van der Waals surface area contributed by atoms with E-state index in [1.54, 1.807) is 0 Å². The average Bonchev–Trinajstić information content (AvgIpc) is 3.04. The first-order chi connectivity index (χ1) is 11.3. The van der Waals surface area contributed by atoms with Crippen molar-refractivity contribution in [1.29, 1.82) is 0 Å². The highest BCUT2D eigenvalue weighted by Crippen LogP contribution is 2.24. The fraction of sp³-hybridized carbons (Fsp3) is 0.438. The van der Waals surface area contributed by atoms with Crippen molar-refractivity contribution in [3.05, 3.63) is 30.3 Å². The van der Waals surface area contributed by atoms with Crippen molar-refractivity contribution >= 4 is 17.7 Å². The summed E-state index contributed by atoms with van der Waals surface area (Å²) in [5.41, 5.74) is 1.04. The van der Waals surface area contributed by atoms with Gasteiger partial charge in [0, 0.05) is 25.2 Å². The summed E-state index contributed by atoms with van der Waals surface area (Å²) >= 11 is 1.45. The van der Waals surface area contributed by atoms with Gasteiger partial charge in [-0.1, -0.05) is 42.1 Å². The number of thioether (sulfide) groups is 1. The highest BCUT2D eigenvalue weighted by Gasteiger charge is 2.19. The van der Waals surface area contributed by atoms with Gasteiger partial charge in [0.25, 0.3) is 0 Å². The van der Waals surface area contributed by atoms with Crippen molar-refractivity contribution in [1.82, 2.24) is 19.7 Å². The van der Waals surface area contributed by atoms with Crippen LogP contribution in [0, 0.1) is 0 Å². The summed E-state index contributed by atoms with van der Waals surface area (Å²) in [5, 5.41) is 9.34. The second-order valence-corrected chi connectivity index (χ2v) is 6.14. The molecule has 1 aromatic carbocycles. The van der Waals surface area contributed by atoms with E-state index in [-0.39, 0.29) is 5.91 Å². The lowest BCUT2D eigenvalue weighted by molar-refractivity contribution is -0.132. The maximum atomic E-state index is 12.2. The maximum Gasteiger partial charge on any atom is 0.233 e. The molecular formula is C16H20N4O2S. The molecule has 1 aliphatic heterocycles. The van der Waals surface area contributed by atoms with Gasteiger partial charge in [0.2, 0.25) is 5.91 Å². The molecule has 0 N–H and O–H groups in total. The second-order valence-electron chi connectivity index (χ2n) is 5.20. The third kappa shape index (κ3) is 3.73. The van der Waals surface area contributed by atoms with Gasteiger partial charge in [-0.3, -0.25) is 4.79 Å². The highest BCUT2D eigenvalue weighted by molar-refractivity contribution is 7.99. The van der Waals surface area contributed by atoms with Crippen LogP contribution in [0.2, 0.25) is 0 Å². The Morgan fingerprint density at radius 2 is 1.96 bits per heavy atom. The predicted molar refractivity (Wildman–Crippen MR) is 89.3 cm³/mol. The van der Waals surface area contributed by atoms with Crippen molar-refractivity contribution < 1.29 is 9.53 Å². The molecule has 23 heavy (non-hydrogen) atoms. The van der Waals surface area contributed by atoms with E-state index in [2.05, 4.69) is 17.1 Å². The van der Waals surface area contributed by atoms with E-state index < -0.39 is 0 Å². The summed E-state index contributed by atoms with van der Waals surface area (Å²) in [7, 11) is 0. The molecule has 2 heterocycles. The Morgan fingerprint density at radius 1 is 1.22 bits per heavy atom. The molecule has 0 bridgehead atoms. The van der Waals surface area contributed by atoms with Crippen LogP contribution >= 0.6 is 11.8 Å². The molecule has 1 saturated heterocycles. The molecule has 6 nitrogen and oxygen atoms in total. The molecule has 0 saturated carbocycles. The SMILES string of the molecule is CCn1c(SCC(=O)N2CCOCC2)nnc1-c1ccccc1. The molecule has 2 aromatic rings. The zero-order valence-electron chi connectivity index (χ0n) is 13.1. The number of amides is 1. The number of carbonyl (C=O) groups excluding carboxylic acids is 1. The van der Waals surface area contributed by atoms with Gasteiger partial charge < -0.3 is 14.2 Å². The van der Waals surface area contributed by atoms with Gasteiger partial charge >= 0.3 is 0 Å². The number of carbonyl (C=O) groups is 1. The number of hydrogen-bond donors (Lipinski definition) is 0. The first-order valence-corrected chi connectivity index (χ1v) is 8.75. The van der Waals surface area contributed by atoms with Crippen molar-refractivity contribution in [3.8, 4) is 11.4 Å². The number of hydrogen-bond acceptors (Lipinski definition) is 5. The van der Waals surface area contributed by atoms with Crippen LogP contribution < -0.4 is 0 Å². The normalized spacial score (nSPS) is 14.9. The van der Waals surface area contributed by atoms with Gasteiger partial charge in [-0.05, 0) is 6.92 Å². The third-order valence-electron chi connectivity index (χ3n) is 3.75. The van der Waals surface area contributed by atoms with Crippen molar-refractivity contribution in [2.24, 2.45) is 0 Å². The molecule has 0 spiro atoms. The molecule has 7 heteroatoms. The number of ether oxygens (including phenoxy) is 1. The number of benzene rings is 1. The summed E-state index contributed by atoms with van der Waals surface area (Å²) in [6, 6.07) is 9.98. The van der Waals surface area contributed by atoms with Crippen LogP contribution in [0.3, 0.4) is 0 Å². The summed E-state index contributed by atoms with van der Waals surface area (Å²) in [6.45, 7) is 5.43. The molecule has 0 atom stereocenters. The minimum absolute atomic E-state index is 0.130. The largest absolute Gasteiger partial charge is 0.378 e. The lowest BCUT2D eigenvalue weighted by Gasteiger charge is -2.26. The number of aromatic nitrogens is 3. The molecule has 0 unspecified atom stereocenters. The summed E-state index contributed by atoms with van der Waals surface area (Å²) in [6.07, 6.45) is 0. The number of rotatable bonds is 5. The smallest absolute Gasteiger partial charge is 0.233 e. The fourth-order valence-electron chi connectivity index (χ4n) is 2.51. The fourth-order valence-corrected chi connectivity index (χ4v) is 3.42. The third-order valence-corrected chi connectivity index (χ3v) is 4.71. The van der Waals surface area contributed by atoms with Crippen molar-refractivity contribution in [2.75, 3.05) is 32.1 Å². The molecule has 0 aliphatic carbocycles. The Hall–Kier alpha value is -1.86. The van der Waals surface area contributed by atoms with Crippen LogP contribution in [-0.4, -0.2) is 57.6 Å². The van der Waals surface area contributed by atoms with Gasteiger partial charge in [0.1, 0.15) is 0 Å². The van der Waals surface area contributed by atoms with Gasteiger partial charge in [-0.25, -0.2) is 0 Å². The van der Waals surface area contributed by atoms with Crippen molar-refractivity contribution in [3.63, 3.8) is 0 Å². The zero-order valence-corrected chi connectivity index (χ0v) is 14.0. The summed E-state index contributed by atoms with van der Waals surface area (Å²) in [4.78, 5) is 14.1. The Labute approximate surface area is 139 Å². The van der Waals surface area contributed by atoms with Crippen LogP contribution in [-0.2, 0) is 16.1 Å². The molecule has 0 radical (unpaired) electrons. The van der Waals surface area contributed by atoms with E-state index in [0.29, 0.717) is 32.1 Å². The van der Waals surface area contributed by atoms with E-state index in [0.717, 1.165) is 23.1 Å². The number of nitrogens with zero attached hydrogens (tertiary/aromatic N) is 4. The van der Waals surface area contributed by atoms with Gasteiger partial charge in [-0.2, -0.15) is 0 Å².